The number of thiazole rings is 1. The minimum Gasteiger partial charge on any atom is -0.422 e. The normalized spacial score (nSPS) is 31.7. The topological polar surface area (TPSA) is 56.3 Å². The van der Waals surface area contributed by atoms with E-state index in [0.717, 1.165) is 38.5 Å². The van der Waals surface area contributed by atoms with Crippen molar-refractivity contribution in [2.24, 2.45) is 17.3 Å². The van der Waals surface area contributed by atoms with Crippen molar-refractivity contribution in [3.63, 3.8) is 0 Å². The molecule has 2 fully saturated rings. The molecule has 2 aromatic rings. The summed E-state index contributed by atoms with van der Waals surface area (Å²) in [5.41, 5.74) is 4.61. The van der Waals surface area contributed by atoms with Gasteiger partial charge in [0.05, 0.1) is 5.51 Å². The number of benzene rings is 1. The Morgan fingerprint density at radius 2 is 2.15 bits per heavy atom. The van der Waals surface area contributed by atoms with Crippen molar-refractivity contribution < 1.29 is 14.3 Å². The third-order valence-electron chi connectivity index (χ3n) is 7.26. The van der Waals surface area contributed by atoms with Crippen LogP contribution >= 0.6 is 11.3 Å². The van der Waals surface area contributed by atoms with E-state index in [1.165, 1.54) is 22.5 Å². The molecular formula is C22H23NO3S. The molecule has 140 valence electrons. The van der Waals surface area contributed by atoms with E-state index in [2.05, 4.69) is 18.0 Å². The number of aromatic nitrogens is 1. The van der Waals surface area contributed by atoms with Crippen LogP contribution in [-0.4, -0.2) is 16.7 Å². The van der Waals surface area contributed by atoms with Crippen LogP contribution in [0.1, 0.15) is 66.6 Å². The van der Waals surface area contributed by atoms with Crippen molar-refractivity contribution in [2.75, 3.05) is 0 Å². The van der Waals surface area contributed by atoms with E-state index in [-0.39, 0.29) is 5.41 Å². The minimum absolute atomic E-state index is 0.0817. The van der Waals surface area contributed by atoms with Crippen LogP contribution in [0.4, 0.5) is 0 Å². The molecule has 1 aromatic carbocycles. The number of nitrogens with zero attached hydrogens (tertiary/aromatic N) is 1. The molecule has 27 heavy (non-hydrogen) atoms. The molecule has 2 saturated carbocycles. The van der Waals surface area contributed by atoms with Gasteiger partial charge in [0.2, 0.25) is 0 Å². The van der Waals surface area contributed by atoms with Crippen molar-refractivity contribution in [3.8, 4) is 5.75 Å². The summed E-state index contributed by atoms with van der Waals surface area (Å²) < 4.78 is 5.52. The number of ether oxygens (including phenoxy) is 1. The number of aryl methyl sites for hydroxylation is 1. The summed E-state index contributed by atoms with van der Waals surface area (Å²) in [6.45, 7) is 2.21. The van der Waals surface area contributed by atoms with Gasteiger partial charge in [0, 0.05) is 17.2 Å². The fourth-order valence-corrected chi connectivity index (χ4v) is 6.39. The van der Waals surface area contributed by atoms with Crippen molar-refractivity contribution >= 4 is 23.1 Å². The van der Waals surface area contributed by atoms with Gasteiger partial charge in [-0.3, -0.25) is 4.79 Å². The average molecular weight is 381 g/mol. The number of esters is 1. The molecule has 0 unspecified atom stereocenters. The Balaban J connectivity index is 1.39. The Kier molecular flexibility index (Phi) is 3.97. The van der Waals surface area contributed by atoms with E-state index >= 15 is 0 Å². The molecule has 5 rings (SSSR count). The Hall–Kier alpha value is -2.01. The maximum absolute atomic E-state index is 12.4. The van der Waals surface area contributed by atoms with Gasteiger partial charge in [0.15, 0.2) is 5.69 Å². The maximum atomic E-state index is 12.4. The first kappa shape index (κ1) is 17.1. The number of hydrogen-bond donors (Lipinski definition) is 0. The van der Waals surface area contributed by atoms with Crippen LogP contribution in [-0.2, 0) is 11.2 Å². The Bertz CT molecular complexity index is 906. The SMILES string of the molecule is C[C@]12CC[C@@H]3c4ccc(OC(=O)c5cscn5)cc4CC[C@H]3[C@@H]1CCC2=O. The molecule has 3 aliphatic rings. The van der Waals surface area contributed by atoms with Gasteiger partial charge in [0.1, 0.15) is 11.5 Å². The van der Waals surface area contributed by atoms with Gasteiger partial charge in [-0.15, -0.1) is 11.3 Å². The zero-order valence-electron chi connectivity index (χ0n) is 15.4. The van der Waals surface area contributed by atoms with Crippen molar-refractivity contribution in [1.29, 1.82) is 0 Å². The molecule has 1 heterocycles. The van der Waals surface area contributed by atoms with Crippen LogP contribution in [0.25, 0.3) is 0 Å². The molecule has 4 atom stereocenters. The van der Waals surface area contributed by atoms with Gasteiger partial charge in [-0.25, -0.2) is 9.78 Å². The van der Waals surface area contributed by atoms with Crippen molar-refractivity contribution in [2.45, 2.75) is 51.4 Å². The molecule has 0 radical (unpaired) electrons. The van der Waals surface area contributed by atoms with Gasteiger partial charge < -0.3 is 4.74 Å². The Morgan fingerprint density at radius 1 is 1.26 bits per heavy atom. The predicted molar refractivity (Wildman–Crippen MR) is 103 cm³/mol. The summed E-state index contributed by atoms with van der Waals surface area (Å²) in [4.78, 5) is 28.6. The van der Waals surface area contributed by atoms with E-state index in [4.69, 9.17) is 4.74 Å². The lowest BCUT2D eigenvalue weighted by Crippen LogP contribution is -2.42. The highest BCUT2D eigenvalue weighted by atomic mass is 32.1. The van der Waals surface area contributed by atoms with Crippen LogP contribution in [0.2, 0.25) is 0 Å². The highest BCUT2D eigenvalue weighted by Gasteiger charge is 2.54. The number of fused-ring (bicyclic) bond motifs is 5. The summed E-state index contributed by atoms with van der Waals surface area (Å²) in [6.07, 6.45) is 6.07. The van der Waals surface area contributed by atoms with Crippen LogP contribution in [0.15, 0.2) is 29.1 Å². The summed E-state index contributed by atoms with van der Waals surface area (Å²) in [7, 11) is 0. The van der Waals surface area contributed by atoms with E-state index in [9.17, 15) is 9.59 Å². The summed E-state index contributed by atoms with van der Waals surface area (Å²) in [5.74, 6) is 2.39. The quantitative estimate of drug-likeness (QED) is 0.554. The van der Waals surface area contributed by atoms with E-state index in [0.29, 0.717) is 35.0 Å². The third-order valence-corrected chi connectivity index (χ3v) is 7.85. The molecule has 0 N–H and O–H groups in total. The van der Waals surface area contributed by atoms with Gasteiger partial charge in [0.25, 0.3) is 0 Å². The molecule has 1 aromatic heterocycles. The number of carbonyl (C=O) groups excluding carboxylic acids is 2. The molecular weight excluding hydrogens is 358 g/mol. The molecule has 0 amide bonds. The van der Waals surface area contributed by atoms with Gasteiger partial charge >= 0.3 is 5.97 Å². The van der Waals surface area contributed by atoms with Gasteiger partial charge in [-0.2, -0.15) is 0 Å². The minimum atomic E-state index is -0.400. The lowest BCUT2D eigenvalue weighted by molar-refractivity contribution is -0.129. The number of rotatable bonds is 2. The van der Waals surface area contributed by atoms with E-state index < -0.39 is 5.97 Å². The van der Waals surface area contributed by atoms with Crippen molar-refractivity contribution in [3.05, 3.63) is 45.9 Å². The second-order valence-corrected chi connectivity index (χ2v) is 9.18. The van der Waals surface area contributed by atoms with E-state index in [1.807, 2.05) is 12.1 Å². The van der Waals surface area contributed by atoms with Crippen molar-refractivity contribution in [1.82, 2.24) is 4.98 Å². The second kappa shape index (κ2) is 6.26. The number of carbonyl (C=O) groups is 2. The fraction of sp³-hybridized carbons (Fsp3) is 0.500. The van der Waals surface area contributed by atoms with Gasteiger partial charge in [-0.1, -0.05) is 13.0 Å². The maximum Gasteiger partial charge on any atom is 0.363 e. The van der Waals surface area contributed by atoms with Crippen LogP contribution in [0.3, 0.4) is 0 Å². The zero-order valence-corrected chi connectivity index (χ0v) is 16.3. The van der Waals surface area contributed by atoms with Crippen LogP contribution < -0.4 is 4.74 Å². The standard InChI is InChI=1S/C22H23NO3S/c1-22-9-8-16-15-5-3-14(26-21(25)19-11-27-12-23-19)10-13(15)2-4-17(16)18(22)6-7-20(22)24/h3,5,10-12,16-18H,2,4,6-9H2,1H3/t16-,17-,18+,22+/m1/s1. The molecule has 0 bridgehead atoms. The number of ketones is 1. The average Bonchev–Trinajstić information content (AvgIpc) is 3.30. The molecule has 0 spiro atoms. The van der Waals surface area contributed by atoms with Crippen LogP contribution in [0, 0.1) is 17.3 Å². The van der Waals surface area contributed by atoms with Crippen LogP contribution in [0.5, 0.6) is 5.75 Å². The summed E-state index contributed by atoms with van der Waals surface area (Å²) in [6, 6.07) is 6.10. The highest BCUT2D eigenvalue weighted by Crippen LogP contribution is 2.59. The predicted octanol–water partition coefficient (Wildman–Crippen LogP) is 4.79. The Morgan fingerprint density at radius 3 is 2.96 bits per heavy atom. The molecule has 3 aliphatic carbocycles. The number of hydrogen-bond acceptors (Lipinski definition) is 5. The molecule has 4 nitrogen and oxygen atoms in total. The lowest BCUT2D eigenvalue weighted by Gasteiger charge is -2.48. The first-order chi connectivity index (χ1) is 13.1. The van der Waals surface area contributed by atoms with Gasteiger partial charge in [-0.05, 0) is 73.1 Å². The summed E-state index contributed by atoms with van der Waals surface area (Å²) >= 11 is 1.39. The smallest absolute Gasteiger partial charge is 0.363 e. The Labute approximate surface area is 163 Å². The first-order valence-electron chi connectivity index (χ1n) is 9.83. The van der Waals surface area contributed by atoms with E-state index in [1.54, 1.807) is 10.9 Å². The monoisotopic (exact) mass is 381 g/mol. The fourth-order valence-electron chi connectivity index (χ4n) is 5.87. The molecule has 5 heteroatoms. The lowest BCUT2D eigenvalue weighted by atomic mass is 9.55. The first-order valence-corrected chi connectivity index (χ1v) is 10.8. The largest absolute Gasteiger partial charge is 0.422 e. The number of Topliss-reactive ketones (excluding diaryl/α,β-unsaturated/α-hetero) is 1. The highest BCUT2D eigenvalue weighted by molar-refractivity contribution is 7.07. The zero-order chi connectivity index (χ0) is 18.6. The molecule has 0 aliphatic heterocycles. The molecule has 0 saturated heterocycles. The third kappa shape index (κ3) is 2.66. The second-order valence-electron chi connectivity index (χ2n) is 8.46. The summed E-state index contributed by atoms with van der Waals surface area (Å²) in [5, 5.41) is 1.70.